The van der Waals surface area contributed by atoms with Crippen LogP contribution in [0.3, 0.4) is 0 Å². The number of benzene rings is 1. The Morgan fingerprint density at radius 3 is 2.50 bits per heavy atom. The Morgan fingerprint density at radius 1 is 1.18 bits per heavy atom. The first-order chi connectivity index (χ1) is 10.4. The lowest BCUT2D eigenvalue weighted by Gasteiger charge is -2.49. The highest BCUT2D eigenvalue weighted by molar-refractivity contribution is 5.64. The lowest BCUT2D eigenvalue weighted by Crippen LogP contribution is -2.46. The number of hydrogen-bond donors (Lipinski definition) is 1. The quantitative estimate of drug-likeness (QED) is 0.893. The van der Waals surface area contributed by atoms with Crippen LogP contribution in [0.1, 0.15) is 51.5 Å². The van der Waals surface area contributed by atoms with E-state index < -0.39 is 0 Å². The second kappa shape index (κ2) is 5.25. The zero-order valence-electron chi connectivity index (χ0n) is 14.1. The van der Waals surface area contributed by atoms with Crippen molar-refractivity contribution in [3.63, 3.8) is 0 Å². The van der Waals surface area contributed by atoms with E-state index in [0.717, 1.165) is 24.2 Å². The number of aromatic hydroxyl groups is 1. The molecule has 2 aliphatic rings. The van der Waals surface area contributed by atoms with E-state index in [0.29, 0.717) is 29.3 Å². The Bertz CT molecular complexity index is 579. The predicted molar refractivity (Wildman–Crippen MR) is 85.2 cm³/mol. The van der Waals surface area contributed by atoms with Gasteiger partial charge in [-0.1, -0.05) is 13.3 Å². The van der Waals surface area contributed by atoms with Crippen LogP contribution < -0.4 is 14.2 Å². The van der Waals surface area contributed by atoms with Crippen LogP contribution in [0.15, 0.2) is 6.07 Å². The van der Waals surface area contributed by atoms with Gasteiger partial charge in [-0.15, -0.1) is 0 Å². The second-order valence-electron chi connectivity index (χ2n) is 7.22. The SMILES string of the molecule is COc1c(O)cc2c(c1OC)OC(C)(C)[C@@H]1CC[C@@H](C)C[C@@H]21. The molecule has 0 amide bonds. The maximum atomic E-state index is 10.3. The van der Waals surface area contributed by atoms with Gasteiger partial charge in [-0.2, -0.15) is 0 Å². The zero-order chi connectivity index (χ0) is 16.1. The normalized spacial score (nSPS) is 29.0. The minimum Gasteiger partial charge on any atom is -0.504 e. The lowest BCUT2D eigenvalue weighted by atomic mass is 9.64. The number of rotatable bonds is 2. The first-order valence-electron chi connectivity index (χ1n) is 8.05. The summed E-state index contributed by atoms with van der Waals surface area (Å²) in [6.45, 7) is 6.61. The van der Waals surface area contributed by atoms with Crippen LogP contribution in [0, 0.1) is 11.8 Å². The Balaban J connectivity index is 2.18. The highest BCUT2D eigenvalue weighted by Gasteiger charge is 2.47. The van der Waals surface area contributed by atoms with Gasteiger partial charge in [0.05, 0.1) is 14.2 Å². The molecule has 4 nitrogen and oxygen atoms in total. The number of methoxy groups -OCH3 is 2. The van der Waals surface area contributed by atoms with Crippen molar-refractivity contribution in [3.05, 3.63) is 11.6 Å². The van der Waals surface area contributed by atoms with Crippen molar-refractivity contribution in [3.8, 4) is 23.0 Å². The molecule has 0 unspecified atom stereocenters. The predicted octanol–water partition coefficient (Wildman–Crippen LogP) is 4.10. The van der Waals surface area contributed by atoms with Crippen LogP contribution in [-0.2, 0) is 0 Å². The zero-order valence-corrected chi connectivity index (χ0v) is 14.1. The fraction of sp³-hybridized carbons (Fsp3) is 0.667. The summed E-state index contributed by atoms with van der Waals surface area (Å²) in [6.07, 6.45) is 3.52. The summed E-state index contributed by atoms with van der Waals surface area (Å²) in [6, 6.07) is 1.81. The third kappa shape index (κ3) is 2.20. The molecule has 4 heteroatoms. The van der Waals surface area contributed by atoms with E-state index >= 15 is 0 Å². The summed E-state index contributed by atoms with van der Waals surface area (Å²) >= 11 is 0. The van der Waals surface area contributed by atoms with Gasteiger partial charge in [-0.25, -0.2) is 0 Å². The lowest BCUT2D eigenvalue weighted by molar-refractivity contribution is -0.0160. The molecule has 3 rings (SSSR count). The van der Waals surface area contributed by atoms with Gasteiger partial charge in [0.1, 0.15) is 5.60 Å². The fourth-order valence-corrected chi connectivity index (χ4v) is 4.29. The molecule has 0 aromatic heterocycles. The second-order valence-corrected chi connectivity index (χ2v) is 7.22. The summed E-state index contributed by atoms with van der Waals surface area (Å²) in [5.41, 5.74) is 0.818. The molecule has 1 aromatic rings. The molecule has 122 valence electrons. The summed E-state index contributed by atoms with van der Waals surface area (Å²) in [4.78, 5) is 0. The van der Waals surface area contributed by atoms with Gasteiger partial charge in [0.2, 0.25) is 11.5 Å². The first-order valence-corrected chi connectivity index (χ1v) is 8.05. The minimum absolute atomic E-state index is 0.124. The van der Waals surface area contributed by atoms with Gasteiger partial charge in [0.15, 0.2) is 11.5 Å². The molecule has 1 aliphatic carbocycles. The summed E-state index contributed by atoms with van der Waals surface area (Å²) in [5.74, 6) is 3.26. The summed E-state index contributed by atoms with van der Waals surface area (Å²) < 4.78 is 17.1. The van der Waals surface area contributed by atoms with Gasteiger partial charge in [-0.3, -0.25) is 0 Å². The van der Waals surface area contributed by atoms with Crippen LogP contribution in [0.4, 0.5) is 0 Å². The van der Waals surface area contributed by atoms with Gasteiger partial charge >= 0.3 is 0 Å². The molecule has 1 aromatic carbocycles. The van der Waals surface area contributed by atoms with Crippen LogP contribution in [0.2, 0.25) is 0 Å². The van der Waals surface area contributed by atoms with Crippen LogP contribution >= 0.6 is 0 Å². The number of ether oxygens (including phenoxy) is 3. The molecule has 22 heavy (non-hydrogen) atoms. The van der Waals surface area contributed by atoms with Crippen molar-refractivity contribution in [2.45, 2.75) is 51.6 Å². The van der Waals surface area contributed by atoms with E-state index in [1.165, 1.54) is 13.5 Å². The topological polar surface area (TPSA) is 47.9 Å². The first kappa shape index (κ1) is 15.3. The van der Waals surface area contributed by atoms with Gasteiger partial charge < -0.3 is 19.3 Å². The highest BCUT2D eigenvalue weighted by Crippen LogP contribution is 2.58. The molecule has 1 N–H and O–H groups in total. The number of phenolic OH excluding ortho intramolecular Hbond substituents is 1. The summed E-state index contributed by atoms with van der Waals surface area (Å²) in [5, 5.41) is 10.3. The van der Waals surface area contributed by atoms with Crippen LogP contribution in [0.25, 0.3) is 0 Å². The van der Waals surface area contributed by atoms with Crippen molar-refractivity contribution in [2.24, 2.45) is 11.8 Å². The van der Waals surface area contributed by atoms with Crippen molar-refractivity contribution < 1.29 is 19.3 Å². The Labute approximate surface area is 132 Å². The van der Waals surface area contributed by atoms with E-state index in [9.17, 15) is 5.11 Å². The van der Waals surface area contributed by atoms with E-state index in [2.05, 4.69) is 20.8 Å². The average molecular weight is 306 g/mol. The molecule has 1 fully saturated rings. The summed E-state index contributed by atoms with van der Waals surface area (Å²) in [7, 11) is 3.12. The van der Waals surface area contributed by atoms with Crippen molar-refractivity contribution >= 4 is 0 Å². The molecular formula is C18H26O4. The van der Waals surface area contributed by atoms with Crippen molar-refractivity contribution in [1.29, 1.82) is 0 Å². The minimum atomic E-state index is -0.243. The third-order valence-corrected chi connectivity index (χ3v) is 5.38. The number of phenols is 1. The fourth-order valence-electron chi connectivity index (χ4n) is 4.29. The van der Waals surface area contributed by atoms with Crippen LogP contribution in [0.5, 0.6) is 23.0 Å². The number of fused-ring (bicyclic) bond motifs is 3. The number of hydrogen-bond acceptors (Lipinski definition) is 4. The smallest absolute Gasteiger partial charge is 0.207 e. The molecule has 3 atom stereocenters. The van der Waals surface area contributed by atoms with Crippen molar-refractivity contribution in [2.75, 3.05) is 14.2 Å². The van der Waals surface area contributed by atoms with Crippen molar-refractivity contribution in [1.82, 2.24) is 0 Å². The maximum Gasteiger partial charge on any atom is 0.207 e. The largest absolute Gasteiger partial charge is 0.504 e. The maximum absolute atomic E-state index is 10.3. The van der Waals surface area contributed by atoms with Crippen LogP contribution in [-0.4, -0.2) is 24.9 Å². The molecule has 1 aliphatic heterocycles. The molecule has 0 saturated heterocycles. The Kier molecular flexibility index (Phi) is 3.66. The highest BCUT2D eigenvalue weighted by atomic mass is 16.5. The molecule has 1 heterocycles. The third-order valence-electron chi connectivity index (χ3n) is 5.38. The molecule has 0 spiro atoms. The molecule has 0 bridgehead atoms. The van der Waals surface area contributed by atoms with E-state index in [4.69, 9.17) is 14.2 Å². The average Bonchev–Trinajstić information content (AvgIpc) is 2.46. The molecular weight excluding hydrogens is 280 g/mol. The van der Waals surface area contributed by atoms with Gasteiger partial charge in [-0.05, 0) is 44.6 Å². The Hall–Kier alpha value is -1.58. The van der Waals surface area contributed by atoms with Gasteiger partial charge in [0.25, 0.3) is 0 Å². The van der Waals surface area contributed by atoms with E-state index in [1.54, 1.807) is 7.11 Å². The molecule has 0 radical (unpaired) electrons. The Morgan fingerprint density at radius 2 is 1.86 bits per heavy atom. The monoisotopic (exact) mass is 306 g/mol. The van der Waals surface area contributed by atoms with E-state index in [-0.39, 0.29) is 11.4 Å². The van der Waals surface area contributed by atoms with E-state index in [1.807, 2.05) is 6.07 Å². The molecule has 1 saturated carbocycles. The standard InChI is InChI=1S/C18H26O4/c1-10-6-7-13-11(8-10)12-9-14(19)16(20-4)17(21-5)15(12)22-18(13,2)3/h9-11,13,19H,6-8H2,1-5H3/t10-,11+,13-/m1/s1. The van der Waals surface area contributed by atoms with Gasteiger partial charge in [0, 0.05) is 11.5 Å².